The third-order valence-corrected chi connectivity index (χ3v) is 3.02. The molecule has 2 rings (SSSR count). The highest BCUT2D eigenvalue weighted by molar-refractivity contribution is 5.94. The van der Waals surface area contributed by atoms with Crippen molar-refractivity contribution in [3.63, 3.8) is 0 Å². The monoisotopic (exact) mass is 236 g/mol. The lowest BCUT2D eigenvalue weighted by atomic mass is 10.0. The molecule has 1 aromatic rings. The van der Waals surface area contributed by atoms with Crippen LogP contribution in [-0.2, 0) is 4.79 Å². The van der Waals surface area contributed by atoms with E-state index in [9.17, 15) is 4.79 Å². The number of hydrogen-bond donors (Lipinski definition) is 2. The molecule has 2 heterocycles. The van der Waals surface area contributed by atoms with E-state index >= 15 is 0 Å². The topological polar surface area (TPSA) is 59.0 Å². The maximum absolute atomic E-state index is 11.9. The van der Waals surface area contributed by atoms with Gasteiger partial charge in [-0.05, 0) is 33.2 Å². The summed E-state index contributed by atoms with van der Waals surface area (Å²) in [5, 5.41) is 10.3. The quantitative estimate of drug-likeness (QED) is 0.837. The molecule has 0 radical (unpaired) electrons. The first-order valence-corrected chi connectivity index (χ1v) is 6.25. The van der Waals surface area contributed by atoms with E-state index in [0.717, 1.165) is 31.5 Å². The number of rotatable bonds is 3. The van der Waals surface area contributed by atoms with Crippen molar-refractivity contribution in [2.75, 3.05) is 11.9 Å². The number of piperidine rings is 1. The minimum atomic E-state index is -0.0499. The Balaban J connectivity index is 1.92. The average molecular weight is 236 g/mol. The van der Waals surface area contributed by atoms with Crippen molar-refractivity contribution < 1.29 is 4.79 Å². The summed E-state index contributed by atoms with van der Waals surface area (Å²) in [5.74, 6) is 0.0491. The summed E-state index contributed by atoms with van der Waals surface area (Å²) in [5.41, 5.74) is 0.774. The average Bonchev–Trinajstić information content (AvgIpc) is 2.79. The maximum atomic E-state index is 11.9. The Labute approximate surface area is 102 Å². The summed E-state index contributed by atoms with van der Waals surface area (Å²) >= 11 is 0. The molecule has 1 atom stereocenters. The summed E-state index contributed by atoms with van der Waals surface area (Å²) in [4.78, 5) is 11.9. The number of carbonyl (C=O) groups excluding carboxylic acids is 1. The maximum Gasteiger partial charge on any atom is 0.241 e. The molecule has 1 fully saturated rings. The molecule has 1 amide bonds. The molecule has 2 N–H and O–H groups in total. The van der Waals surface area contributed by atoms with Gasteiger partial charge < -0.3 is 10.6 Å². The number of anilines is 1. The SMILES string of the molecule is CC(C)n1cc(NC(=O)[C@@H]2CCCCN2)cn1. The highest BCUT2D eigenvalue weighted by Gasteiger charge is 2.20. The zero-order chi connectivity index (χ0) is 12.3. The second-order valence-electron chi connectivity index (χ2n) is 4.79. The fourth-order valence-electron chi connectivity index (χ4n) is 1.99. The minimum absolute atomic E-state index is 0.0491. The molecule has 5 nitrogen and oxygen atoms in total. The van der Waals surface area contributed by atoms with E-state index in [-0.39, 0.29) is 11.9 Å². The van der Waals surface area contributed by atoms with Crippen LogP contribution >= 0.6 is 0 Å². The molecule has 0 aliphatic carbocycles. The van der Waals surface area contributed by atoms with Gasteiger partial charge in [-0.3, -0.25) is 9.48 Å². The van der Waals surface area contributed by atoms with Gasteiger partial charge in [0, 0.05) is 12.2 Å². The first-order valence-electron chi connectivity index (χ1n) is 6.25. The largest absolute Gasteiger partial charge is 0.322 e. The van der Waals surface area contributed by atoms with Gasteiger partial charge in [-0.25, -0.2) is 0 Å². The summed E-state index contributed by atoms with van der Waals surface area (Å²) in [6.45, 7) is 5.05. The lowest BCUT2D eigenvalue weighted by molar-refractivity contribution is -0.118. The number of amides is 1. The lowest BCUT2D eigenvalue weighted by Gasteiger charge is -2.22. The van der Waals surface area contributed by atoms with Crippen LogP contribution in [0.5, 0.6) is 0 Å². The number of aromatic nitrogens is 2. The fraction of sp³-hybridized carbons (Fsp3) is 0.667. The molecule has 94 valence electrons. The third kappa shape index (κ3) is 3.06. The van der Waals surface area contributed by atoms with Crippen LogP contribution in [0.25, 0.3) is 0 Å². The summed E-state index contributed by atoms with van der Waals surface area (Å²) < 4.78 is 1.84. The molecular weight excluding hydrogens is 216 g/mol. The highest BCUT2D eigenvalue weighted by atomic mass is 16.2. The van der Waals surface area contributed by atoms with E-state index in [2.05, 4.69) is 29.6 Å². The first-order chi connectivity index (χ1) is 8.16. The van der Waals surface area contributed by atoms with Crippen LogP contribution in [0.3, 0.4) is 0 Å². The van der Waals surface area contributed by atoms with Crippen molar-refractivity contribution in [2.24, 2.45) is 0 Å². The Kier molecular flexibility index (Phi) is 3.78. The van der Waals surface area contributed by atoms with Crippen molar-refractivity contribution >= 4 is 11.6 Å². The molecule has 0 bridgehead atoms. The molecular formula is C12H20N4O. The molecule has 0 aromatic carbocycles. The fourth-order valence-corrected chi connectivity index (χ4v) is 1.99. The molecule has 1 aliphatic rings. The Bertz CT molecular complexity index is 380. The van der Waals surface area contributed by atoms with Crippen molar-refractivity contribution in [2.45, 2.75) is 45.2 Å². The summed E-state index contributed by atoms with van der Waals surface area (Å²) in [6.07, 6.45) is 6.77. The normalized spacial score (nSPS) is 20.5. The zero-order valence-corrected chi connectivity index (χ0v) is 10.4. The van der Waals surface area contributed by atoms with Crippen LogP contribution in [-0.4, -0.2) is 28.3 Å². The van der Waals surface area contributed by atoms with Crippen LogP contribution in [0.2, 0.25) is 0 Å². The Morgan fingerprint density at radius 3 is 3.00 bits per heavy atom. The van der Waals surface area contributed by atoms with Crippen molar-refractivity contribution in [1.29, 1.82) is 0 Å². The predicted molar refractivity (Wildman–Crippen MR) is 66.9 cm³/mol. The molecule has 0 spiro atoms. The predicted octanol–water partition coefficient (Wildman–Crippen LogP) is 1.54. The number of nitrogens with zero attached hydrogens (tertiary/aromatic N) is 2. The van der Waals surface area contributed by atoms with Gasteiger partial charge in [0.25, 0.3) is 0 Å². The number of carbonyl (C=O) groups is 1. The third-order valence-electron chi connectivity index (χ3n) is 3.02. The van der Waals surface area contributed by atoms with Crippen LogP contribution in [0.4, 0.5) is 5.69 Å². The summed E-state index contributed by atoms with van der Waals surface area (Å²) in [7, 11) is 0. The Morgan fingerprint density at radius 1 is 1.59 bits per heavy atom. The van der Waals surface area contributed by atoms with Crippen molar-refractivity contribution in [1.82, 2.24) is 15.1 Å². The van der Waals surface area contributed by atoms with Gasteiger partial charge in [0.2, 0.25) is 5.91 Å². The van der Waals surface area contributed by atoms with Gasteiger partial charge in [0.1, 0.15) is 0 Å². The second-order valence-corrected chi connectivity index (χ2v) is 4.79. The van der Waals surface area contributed by atoms with Gasteiger partial charge in [-0.15, -0.1) is 0 Å². The zero-order valence-electron chi connectivity index (χ0n) is 10.4. The number of hydrogen-bond acceptors (Lipinski definition) is 3. The van der Waals surface area contributed by atoms with Crippen LogP contribution in [0.15, 0.2) is 12.4 Å². The first kappa shape index (κ1) is 12.1. The lowest BCUT2D eigenvalue weighted by Crippen LogP contribution is -2.43. The van der Waals surface area contributed by atoms with Gasteiger partial charge >= 0.3 is 0 Å². The molecule has 0 saturated carbocycles. The van der Waals surface area contributed by atoms with Crippen molar-refractivity contribution in [3.8, 4) is 0 Å². The van der Waals surface area contributed by atoms with Gasteiger partial charge in [-0.1, -0.05) is 6.42 Å². The van der Waals surface area contributed by atoms with E-state index < -0.39 is 0 Å². The number of nitrogens with one attached hydrogen (secondary N) is 2. The molecule has 1 saturated heterocycles. The smallest absolute Gasteiger partial charge is 0.241 e. The molecule has 17 heavy (non-hydrogen) atoms. The van der Waals surface area contributed by atoms with Crippen LogP contribution < -0.4 is 10.6 Å². The highest BCUT2D eigenvalue weighted by Crippen LogP contribution is 2.12. The van der Waals surface area contributed by atoms with Crippen molar-refractivity contribution in [3.05, 3.63) is 12.4 Å². The van der Waals surface area contributed by atoms with E-state index in [1.165, 1.54) is 0 Å². The standard InChI is InChI=1S/C12H20N4O/c1-9(2)16-8-10(7-14-16)15-12(17)11-5-3-4-6-13-11/h7-9,11,13H,3-6H2,1-2H3,(H,15,17)/t11-/m0/s1. The molecule has 1 aliphatic heterocycles. The molecule has 0 unspecified atom stereocenters. The van der Waals surface area contributed by atoms with E-state index in [0.29, 0.717) is 6.04 Å². The molecule has 5 heteroatoms. The Morgan fingerprint density at radius 2 is 2.41 bits per heavy atom. The Hall–Kier alpha value is -1.36. The van der Waals surface area contributed by atoms with Gasteiger partial charge in [0.15, 0.2) is 0 Å². The minimum Gasteiger partial charge on any atom is -0.322 e. The van der Waals surface area contributed by atoms with Crippen LogP contribution in [0, 0.1) is 0 Å². The van der Waals surface area contributed by atoms with E-state index in [4.69, 9.17) is 0 Å². The molecule has 1 aromatic heterocycles. The van der Waals surface area contributed by atoms with E-state index in [1.807, 2.05) is 10.9 Å². The van der Waals surface area contributed by atoms with Crippen LogP contribution in [0.1, 0.15) is 39.2 Å². The van der Waals surface area contributed by atoms with Gasteiger partial charge in [0.05, 0.1) is 17.9 Å². The second kappa shape index (κ2) is 5.31. The summed E-state index contributed by atoms with van der Waals surface area (Å²) in [6, 6.07) is 0.264. The van der Waals surface area contributed by atoms with E-state index in [1.54, 1.807) is 6.20 Å². The van der Waals surface area contributed by atoms with Gasteiger partial charge in [-0.2, -0.15) is 5.10 Å².